The molecule has 3 heterocycles. The third kappa shape index (κ3) is 6.00. The lowest BCUT2D eigenvalue weighted by Crippen LogP contribution is -2.43. The van der Waals surface area contributed by atoms with Gasteiger partial charge in [-0.1, -0.05) is 68.7 Å². The number of carbonyl (C=O) groups is 1. The molecule has 2 aromatic carbocycles. The summed E-state index contributed by atoms with van der Waals surface area (Å²) in [6, 6.07) is 20.3. The largest absolute Gasteiger partial charge is 0.370 e. The zero-order chi connectivity index (χ0) is 25.5. The number of unbranched alkanes of at least 4 members (excludes halogenated alkanes) is 3. The van der Waals surface area contributed by atoms with Crippen molar-refractivity contribution in [3.05, 3.63) is 78.8 Å². The molecule has 7 nitrogen and oxygen atoms in total. The van der Waals surface area contributed by atoms with Crippen LogP contribution in [-0.2, 0) is 0 Å². The normalized spacial score (nSPS) is 14.2. The number of fused-ring (bicyclic) bond motifs is 1. The number of hydrogen-bond acceptors (Lipinski definition) is 5. The second-order valence-electron chi connectivity index (χ2n) is 9.75. The first kappa shape index (κ1) is 25.0. The fourth-order valence-corrected chi connectivity index (χ4v) is 5.04. The molecule has 1 fully saturated rings. The predicted octanol–water partition coefficient (Wildman–Crippen LogP) is 5.79. The SMILES string of the molecule is CCCCCCNC1CCN(c2ccccc2NC(=O)c2ccn3ncc(-c4ccccc4)c3n2)CC1. The highest BCUT2D eigenvalue weighted by molar-refractivity contribution is 6.05. The van der Waals surface area contributed by atoms with Gasteiger partial charge >= 0.3 is 0 Å². The second kappa shape index (κ2) is 12.0. The van der Waals surface area contributed by atoms with Crippen LogP contribution in [0.4, 0.5) is 11.4 Å². The van der Waals surface area contributed by atoms with Crippen LogP contribution in [0.3, 0.4) is 0 Å². The Kier molecular flexibility index (Phi) is 8.11. The number of benzene rings is 2. The molecule has 1 aliphatic heterocycles. The third-order valence-electron chi connectivity index (χ3n) is 7.14. The number of carbonyl (C=O) groups excluding carboxylic acids is 1. The highest BCUT2D eigenvalue weighted by Gasteiger charge is 2.22. The van der Waals surface area contributed by atoms with Crippen molar-refractivity contribution in [3.63, 3.8) is 0 Å². The molecular formula is C30H36N6O. The molecule has 0 atom stereocenters. The number of aromatic nitrogens is 3. The zero-order valence-electron chi connectivity index (χ0n) is 21.6. The number of hydrogen-bond donors (Lipinski definition) is 2. The van der Waals surface area contributed by atoms with Crippen LogP contribution in [-0.4, -0.2) is 46.2 Å². The summed E-state index contributed by atoms with van der Waals surface area (Å²) in [6.07, 6.45) is 11.0. The Balaban J connectivity index is 1.25. The molecule has 37 heavy (non-hydrogen) atoms. The minimum absolute atomic E-state index is 0.223. The quantitative estimate of drug-likeness (QED) is 0.272. The molecule has 5 rings (SSSR count). The van der Waals surface area contributed by atoms with Crippen LogP contribution in [0.25, 0.3) is 16.8 Å². The Hall–Kier alpha value is -3.71. The number of nitrogens with zero attached hydrogens (tertiary/aromatic N) is 4. The van der Waals surface area contributed by atoms with Gasteiger partial charge in [0, 0.05) is 30.9 Å². The average molecular weight is 497 g/mol. The lowest BCUT2D eigenvalue weighted by Gasteiger charge is -2.35. The van der Waals surface area contributed by atoms with E-state index in [1.54, 1.807) is 23.0 Å². The van der Waals surface area contributed by atoms with E-state index in [0.717, 1.165) is 55.0 Å². The first-order valence-corrected chi connectivity index (χ1v) is 13.5. The van der Waals surface area contributed by atoms with Gasteiger partial charge < -0.3 is 15.5 Å². The fourth-order valence-electron chi connectivity index (χ4n) is 5.04. The van der Waals surface area contributed by atoms with Crippen LogP contribution in [0.15, 0.2) is 73.1 Å². The topological polar surface area (TPSA) is 74.6 Å². The number of nitrogens with one attached hydrogen (secondary N) is 2. The molecule has 7 heteroatoms. The third-order valence-corrected chi connectivity index (χ3v) is 7.14. The highest BCUT2D eigenvalue weighted by Crippen LogP contribution is 2.29. The molecule has 1 saturated heterocycles. The van der Waals surface area contributed by atoms with E-state index in [9.17, 15) is 4.79 Å². The smallest absolute Gasteiger partial charge is 0.274 e. The summed E-state index contributed by atoms with van der Waals surface area (Å²) in [7, 11) is 0. The van der Waals surface area contributed by atoms with Gasteiger partial charge in [0.2, 0.25) is 0 Å². The van der Waals surface area contributed by atoms with Crippen molar-refractivity contribution < 1.29 is 4.79 Å². The summed E-state index contributed by atoms with van der Waals surface area (Å²) < 4.78 is 1.70. The molecule has 1 amide bonds. The molecule has 0 aliphatic carbocycles. The van der Waals surface area contributed by atoms with Crippen LogP contribution in [0.1, 0.15) is 55.9 Å². The van der Waals surface area contributed by atoms with Crippen LogP contribution in [0, 0.1) is 0 Å². The minimum atomic E-state index is -0.223. The summed E-state index contributed by atoms with van der Waals surface area (Å²) in [5.41, 5.74) is 4.83. The van der Waals surface area contributed by atoms with E-state index in [0.29, 0.717) is 17.4 Å². The Morgan fingerprint density at radius 1 is 0.973 bits per heavy atom. The maximum absolute atomic E-state index is 13.3. The van der Waals surface area contributed by atoms with Gasteiger partial charge in [0.1, 0.15) is 5.69 Å². The lowest BCUT2D eigenvalue weighted by atomic mass is 10.0. The summed E-state index contributed by atoms with van der Waals surface area (Å²) >= 11 is 0. The Labute approximate surface area is 218 Å². The molecule has 0 spiro atoms. The Morgan fingerprint density at radius 2 is 1.76 bits per heavy atom. The van der Waals surface area contributed by atoms with E-state index in [1.807, 2.05) is 48.5 Å². The second-order valence-corrected chi connectivity index (χ2v) is 9.75. The van der Waals surface area contributed by atoms with Gasteiger partial charge in [0.25, 0.3) is 5.91 Å². The van der Waals surface area contributed by atoms with Crippen molar-refractivity contribution >= 4 is 22.9 Å². The summed E-state index contributed by atoms with van der Waals surface area (Å²) in [4.78, 5) is 20.3. The first-order valence-electron chi connectivity index (χ1n) is 13.5. The first-order chi connectivity index (χ1) is 18.2. The standard InChI is InChI=1S/C30H36N6O/c1-2-3-4-10-18-31-24-15-19-35(20-16-24)28-14-9-8-13-26(28)34-30(37)27-17-21-36-29(33-27)25(22-32-36)23-11-6-5-7-12-23/h5-9,11-14,17,21-22,24,31H,2-4,10,15-16,18-20H2,1H3,(H,34,37). The van der Waals surface area contributed by atoms with E-state index in [2.05, 4.69) is 38.6 Å². The molecule has 2 aromatic heterocycles. The Bertz CT molecular complexity index is 1310. The molecule has 1 aliphatic rings. The minimum Gasteiger partial charge on any atom is -0.370 e. The molecule has 4 aromatic rings. The van der Waals surface area contributed by atoms with Crippen molar-refractivity contribution in [2.45, 2.75) is 51.5 Å². The maximum Gasteiger partial charge on any atom is 0.274 e. The number of anilines is 2. The average Bonchev–Trinajstić information content (AvgIpc) is 3.37. The molecule has 0 unspecified atom stereocenters. The van der Waals surface area contributed by atoms with E-state index >= 15 is 0 Å². The number of amides is 1. The van der Waals surface area contributed by atoms with Crippen molar-refractivity contribution in [2.75, 3.05) is 29.9 Å². The van der Waals surface area contributed by atoms with Crippen molar-refractivity contribution in [3.8, 4) is 11.1 Å². The predicted molar refractivity (Wildman–Crippen MR) is 150 cm³/mol. The van der Waals surface area contributed by atoms with Gasteiger partial charge in [0.05, 0.1) is 17.6 Å². The van der Waals surface area contributed by atoms with Gasteiger partial charge in [-0.15, -0.1) is 0 Å². The van der Waals surface area contributed by atoms with Crippen molar-refractivity contribution in [1.29, 1.82) is 0 Å². The van der Waals surface area contributed by atoms with E-state index in [1.165, 1.54) is 25.7 Å². The van der Waals surface area contributed by atoms with Gasteiger partial charge in [-0.05, 0) is 49.6 Å². The zero-order valence-corrected chi connectivity index (χ0v) is 21.6. The maximum atomic E-state index is 13.3. The van der Waals surface area contributed by atoms with Crippen molar-refractivity contribution in [1.82, 2.24) is 19.9 Å². The molecule has 2 N–H and O–H groups in total. The summed E-state index contributed by atoms with van der Waals surface area (Å²) in [5.74, 6) is -0.223. The van der Waals surface area contributed by atoms with Gasteiger partial charge in [-0.25, -0.2) is 9.50 Å². The molecule has 0 saturated carbocycles. The number of para-hydroxylation sites is 2. The van der Waals surface area contributed by atoms with E-state index in [4.69, 9.17) is 0 Å². The summed E-state index contributed by atoms with van der Waals surface area (Å²) in [5, 5.41) is 11.3. The lowest BCUT2D eigenvalue weighted by molar-refractivity contribution is 0.102. The van der Waals surface area contributed by atoms with Crippen LogP contribution >= 0.6 is 0 Å². The Morgan fingerprint density at radius 3 is 2.57 bits per heavy atom. The highest BCUT2D eigenvalue weighted by atomic mass is 16.1. The molecule has 0 bridgehead atoms. The van der Waals surface area contributed by atoms with Crippen molar-refractivity contribution in [2.24, 2.45) is 0 Å². The van der Waals surface area contributed by atoms with Gasteiger partial charge in [-0.2, -0.15) is 5.10 Å². The number of rotatable bonds is 10. The monoisotopic (exact) mass is 496 g/mol. The summed E-state index contributed by atoms with van der Waals surface area (Å²) in [6.45, 7) is 5.30. The molecule has 0 radical (unpaired) electrons. The van der Waals surface area contributed by atoms with Crippen LogP contribution in [0.5, 0.6) is 0 Å². The van der Waals surface area contributed by atoms with Gasteiger partial charge in [-0.3, -0.25) is 4.79 Å². The fraction of sp³-hybridized carbons (Fsp3) is 0.367. The van der Waals surface area contributed by atoms with Crippen LogP contribution in [0.2, 0.25) is 0 Å². The molecule has 192 valence electrons. The van der Waals surface area contributed by atoms with E-state index in [-0.39, 0.29) is 5.91 Å². The van der Waals surface area contributed by atoms with E-state index < -0.39 is 0 Å². The van der Waals surface area contributed by atoms with Crippen LogP contribution < -0.4 is 15.5 Å². The van der Waals surface area contributed by atoms with Gasteiger partial charge in [0.15, 0.2) is 5.65 Å². The number of piperidine rings is 1. The molecular weight excluding hydrogens is 460 g/mol.